The number of nitrogens with zero attached hydrogens (tertiary/aromatic N) is 2. The molecule has 0 spiro atoms. The first-order valence-corrected chi connectivity index (χ1v) is 7.60. The van der Waals surface area contributed by atoms with Crippen LogP contribution in [-0.2, 0) is 14.4 Å². The van der Waals surface area contributed by atoms with E-state index in [-0.39, 0.29) is 24.9 Å². The van der Waals surface area contributed by atoms with E-state index in [0.717, 1.165) is 6.42 Å². The Morgan fingerprint density at radius 2 is 2.09 bits per heavy atom. The summed E-state index contributed by atoms with van der Waals surface area (Å²) in [4.78, 5) is 38.7. The monoisotopic (exact) mass is 319 g/mol. The zero-order valence-electron chi connectivity index (χ0n) is 13.3. The van der Waals surface area contributed by atoms with E-state index in [1.54, 1.807) is 36.1 Å². The molecule has 0 saturated carbocycles. The molecule has 1 aromatic rings. The summed E-state index contributed by atoms with van der Waals surface area (Å²) < 4.78 is 0. The Kier molecular flexibility index (Phi) is 5.33. The third kappa shape index (κ3) is 3.87. The summed E-state index contributed by atoms with van der Waals surface area (Å²) in [6.07, 6.45) is 0.738. The largest absolute Gasteiger partial charge is 0.480 e. The van der Waals surface area contributed by atoms with Crippen LogP contribution in [-0.4, -0.2) is 53.5 Å². The molecule has 0 aromatic heterocycles. The highest BCUT2D eigenvalue weighted by Crippen LogP contribution is 2.29. The van der Waals surface area contributed by atoms with E-state index >= 15 is 0 Å². The van der Waals surface area contributed by atoms with Crippen molar-refractivity contribution in [1.82, 2.24) is 4.90 Å². The smallest absolute Gasteiger partial charge is 0.317 e. The Morgan fingerprint density at radius 3 is 2.74 bits per heavy atom. The Bertz CT molecular complexity index is 617. The number of carbonyl (C=O) groups excluding carboxylic acids is 2. The third-order valence-corrected chi connectivity index (χ3v) is 3.79. The van der Waals surface area contributed by atoms with Crippen molar-refractivity contribution in [3.05, 3.63) is 24.3 Å². The zero-order chi connectivity index (χ0) is 17.0. The maximum Gasteiger partial charge on any atom is 0.317 e. The van der Waals surface area contributed by atoms with Gasteiger partial charge in [-0.2, -0.15) is 0 Å². The van der Waals surface area contributed by atoms with Crippen LogP contribution in [0.25, 0.3) is 0 Å². The molecule has 2 N–H and O–H groups in total. The number of hydrogen-bond donors (Lipinski definition) is 2. The lowest BCUT2D eigenvalue weighted by Crippen LogP contribution is -2.52. The lowest BCUT2D eigenvalue weighted by atomic mass is 10.1. The van der Waals surface area contributed by atoms with Crippen LogP contribution in [0, 0.1) is 0 Å². The number of aliphatic carboxylic acids is 1. The summed E-state index contributed by atoms with van der Waals surface area (Å²) in [6, 6.07) is 6.45. The fraction of sp³-hybridized carbons (Fsp3) is 0.438. The second kappa shape index (κ2) is 7.23. The minimum atomic E-state index is -0.977. The van der Waals surface area contributed by atoms with E-state index in [9.17, 15) is 14.4 Å². The summed E-state index contributed by atoms with van der Waals surface area (Å²) >= 11 is 0. The summed E-state index contributed by atoms with van der Waals surface area (Å²) in [5.74, 6) is -1.51. The van der Waals surface area contributed by atoms with Crippen molar-refractivity contribution >= 4 is 29.2 Å². The third-order valence-electron chi connectivity index (χ3n) is 3.79. The average molecular weight is 319 g/mol. The standard InChI is InChI=1S/C16H21N3O4/c1-3-8-18(10-15(21)22)11(2)16(23)19-9-14(20)17-12-6-4-5-7-13(12)19/h4-7,11H,3,8-10H2,1-2H3,(H,17,20)(H,21,22). The predicted molar refractivity (Wildman–Crippen MR) is 86.4 cm³/mol. The number of anilines is 2. The number of benzene rings is 1. The maximum absolute atomic E-state index is 12.8. The number of carbonyl (C=O) groups is 3. The molecule has 1 atom stereocenters. The second-order valence-electron chi connectivity index (χ2n) is 5.53. The summed E-state index contributed by atoms with van der Waals surface area (Å²) in [7, 11) is 0. The van der Waals surface area contributed by atoms with E-state index in [1.165, 1.54) is 4.90 Å². The number of para-hydroxylation sites is 2. The van der Waals surface area contributed by atoms with Crippen molar-refractivity contribution in [3.8, 4) is 0 Å². The molecule has 1 heterocycles. The normalized spacial score (nSPS) is 15.1. The number of fused-ring (bicyclic) bond motifs is 1. The Hall–Kier alpha value is -2.41. The first-order valence-electron chi connectivity index (χ1n) is 7.60. The Labute approximate surface area is 134 Å². The van der Waals surface area contributed by atoms with Gasteiger partial charge in [0.2, 0.25) is 11.8 Å². The number of carboxylic acids is 1. The molecule has 0 radical (unpaired) electrons. The van der Waals surface area contributed by atoms with Crippen LogP contribution in [0.1, 0.15) is 20.3 Å². The van der Waals surface area contributed by atoms with Gasteiger partial charge in [0.05, 0.1) is 24.0 Å². The minimum absolute atomic E-state index is 0.0623. The molecule has 2 rings (SSSR count). The summed E-state index contributed by atoms with van der Waals surface area (Å²) in [5, 5.41) is 11.8. The maximum atomic E-state index is 12.8. The van der Waals surface area contributed by atoms with Crippen LogP contribution in [0.2, 0.25) is 0 Å². The van der Waals surface area contributed by atoms with Gasteiger partial charge in [0, 0.05) is 0 Å². The summed E-state index contributed by atoms with van der Waals surface area (Å²) in [5.41, 5.74) is 1.22. The van der Waals surface area contributed by atoms with Crippen LogP contribution in [0.5, 0.6) is 0 Å². The molecule has 2 amide bonds. The van der Waals surface area contributed by atoms with Gasteiger partial charge < -0.3 is 10.4 Å². The lowest BCUT2D eigenvalue weighted by Gasteiger charge is -2.34. The highest BCUT2D eigenvalue weighted by atomic mass is 16.4. The van der Waals surface area contributed by atoms with Gasteiger partial charge in [-0.25, -0.2) is 0 Å². The molecule has 1 unspecified atom stereocenters. The van der Waals surface area contributed by atoms with Crippen molar-refractivity contribution < 1.29 is 19.5 Å². The quantitative estimate of drug-likeness (QED) is 0.821. The molecule has 124 valence electrons. The SMILES string of the molecule is CCCN(CC(=O)O)C(C)C(=O)N1CC(=O)Nc2ccccc21. The lowest BCUT2D eigenvalue weighted by molar-refractivity contribution is -0.139. The van der Waals surface area contributed by atoms with Crippen LogP contribution < -0.4 is 10.2 Å². The van der Waals surface area contributed by atoms with Gasteiger partial charge in [-0.1, -0.05) is 19.1 Å². The number of carboxylic acid groups (broad SMARTS) is 1. The molecule has 0 fully saturated rings. The number of nitrogens with one attached hydrogen (secondary N) is 1. The molecule has 0 bridgehead atoms. The molecule has 7 heteroatoms. The molecule has 1 aliphatic heterocycles. The molecule has 1 aromatic carbocycles. The molecule has 23 heavy (non-hydrogen) atoms. The average Bonchev–Trinajstić information content (AvgIpc) is 2.51. The highest BCUT2D eigenvalue weighted by molar-refractivity contribution is 6.11. The summed E-state index contributed by atoms with van der Waals surface area (Å²) in [6.45, 7) is 3.84. The minimum Gasteiger partial charge on any atom is -0.480 e. The van der Waals surface area contributed by atoms with Gasteiger partial charge in [0.25, 0.3) is 0 Å². The van der Waals surface area contributed by atoms with Crippen LogP contribution in [0.3, 0.4) is 0 Å². The van der Waals surface area contributed by atoms with Crippen molar-refractivity contribution in [2.24, 2.45) is 0 Å². The number of rotatable bonds is 6. The van der Waals surface area contributed by atoms with Gasteiger partial charge in [-0.15, -0.1) is 0 Å². The number of amides is 2. The van der Waals surface area contributed by atoms with Gasteiger partial charge >= 0.3 is 5.97 Å². The topological polar surface area (TPSA) is 90.0 Å². The molecule has 0 aliphatic carbocycles. The first-order chi connectivity index (χ1) is 10.9. The van der Waals surface area contributed by atoms with Crippen molar-refractivity contribution in [1.29, 1.82) is 0 Å². The predicted octanol–water partition coefficient (Wildman–Crippen LogP) is 1.16. The van der Waals surface area contributed by atoms with E-state index in [1.807, 2.05) is 6.92 Å². The van der Waals surface area contributed by atoms with Crippen LogP contribution in [0.4, 0.5) is 11.4 Å². The van der Waals surface area contributed by atoms with Crippen molar-refractivity contribution in [2.75, 3.05) is 29.9 Å². The van der Waals surface area contributed by atoms with Gasteiger partial charge in [-0.3, -0.25) is 24.2 Å². The van der Waals surface area contributed by atoms with Crippen LogP contribution in [0.15, 0.2) is 24.3 Å². The van der Waals surface area contributed by atoms with E-state index in [0.29, 0.717) is 17.9 Å². The van der Waals surface area contributed by atoms with Gasteiger partial charge in [-0.05, 0) is 32.0 Å². The zero-order valence-corrected chi connectivity index (χ0v) is 13.3. The second-order valence-corrected chi connectivity index (χ2v) is 5.53. The highest BCUT2D eigenvalue weighted by Gasteiger charge is 2.32. The van der Waals surface area contributed by atoms with Crippen molar-refractivity contribution in [2.45, 2.75) is 26.3 Å². The molecular formula is C16H21N3O4. The number of hydrogen-bond acceptors (Lipinski definition) is 4. The van der Waals surface area contributed by atoms with E-state index < -0.39 is 12.0 Å². The fourth-order valence-corrected chi connectivity index (χ4v) is 2.68. The van der Waals surface area contributed by atoms with E-state index in [4.69, 9.17) is 5.11 Å². The van der Waals surface area contributed by atoms with Gasteiger partial charge in [0.15, 0.2) is 0 Å². The molecule has 0 saturated heterocycles. The van der Waals surface area contributed by atoms with Gasteiger partial charge in [0.1, 0.15) is 6.54 Å². The van der Waals surface area contributed by atoms with E-state index in [2.05, 4.69) is 5.32 Å². The first kappa shape index (κ1) is 17.0. The Balaban J connectivity index is 2.24. The Morgan fingerprint density at radius 1 is 1.39 bits per heavy atom. The fourth-order valence-electron chi connectivity index (χ4n) is 2.68. The molecule has 1 aliphatic rings. The van der Waals surface area contributed by atoms with Crippen molar-refractivity contribution in [3.63, 3.8) is 0 Å². The van der Waals surface area contributed by atoms with Crippen LogP contribution >= 0.6 is 0 Å². The molecule has 7 nitrogen and oxygen atoms in total. The molecular weight excluding hydrogens is 298 g/mol.